The fourth-order valence-corrected chi connectivity index (χ4v) is 3.04. The highest BCUT2D eigenvalue weighted by Gasteiger charge is 2.37. The molecule has 2 aliphatic rings. The molecule has 2 fully saturated rings. The Kier molecular flexibility index (Phi) is 3.47. The molecular weight excluding hydrogens is 252 g/mol. The third-order valence-corrected chi connectivity index (χ3v) is 4.24. The fourth-order valence-electron chi connectivity index (χ4n) is 3.04. The van der Waals surface area contributed by atoms with Crippen LogP contribution < -0.4 is 4.90 Å². The van der Waals surface area contributed by atoms with Crippen LogP contribution in [0.3, 0.4) is 0 Å². The van der Waals surface area contributed by atoms with E-state index in [0.29, 0.717) is 13.0 Å². The van der Waals surface area contributed by atoms with Gasteiger partial charge in [0.1, 0.15) is 0 Å². The maximum atomic E-state index is 12.4. The highest BCUT2D eigenvalue weighted by Crippen LogP contribution is 2.27. The second-order valence-corrected chi connectivity index (χ2v) is 5.77. The van der Waals surface area contributed by atoms with Crippen LogP contribution in [0.15, 0.2) is 24.3 Å². The quantitative estimate of drug-likeness (QED) is 0.826. The van der Waals surface area contributed by atoms with Crippen molar-refractivity contribution in [2.75, 3.05) is 24.5 Å². The van der Waals surface area contributed by atoms with E-state index < -0.39 is 0 Å². The number of likely N-dealkylation sites (tertiary alicyclic amines) is 1. The number of hydrogen-bond donors (Lipinski definition) is 0. The van der Waals surface area contributed by atoms with Gasteiger partial charge in [-0.1, -0.05) is 17.7 Å². The summed E-state index contributed by atoms with van der Waals surface area (Å²) < 4.78 is 0. The third kappa shape index (κ3) is 2.42. The van der Waals surface area contributed by atoms with E-state index in [0.717, 1.165) is 31.6 Å². The first kappa shape index (κ1) is 13.2. The normalized spacial score (nSPS) is 22.6. The van der Waals surface area contributed by atoms with Gasteiger partial charge in [0.05, 0.1) is 5.92 Å². The van der Waals surface area contributed by atoms with Crippen molar-refractivity contribution in [3.05, 3.63) is 29.8 Å². The molecule has 106 valence electrons. The molecule has 0 aromatic heterocycles. The van der Waals surface area contributed by atoms with Gasteiger partial charge >= 0.3 is 0 Å². The molecule has 2 amide bonds. The molecule has 0 radical (unpaired) electrons. The van der Waals surface area contributed by atoms with Gasteiger partial charge in [-0.3, -0.25) is 9.59 Å². The van der Waals surface area contributed by atoms with Gasteiger partial charge in [0.15, 0.2) is 0 Å². The van der Waals surface area contributed by atoms with E-state index in [9.17, 15) is 9.59 Å². The summed E-state index contributed by atoms with van der Waals surface area (Å²) in [7, 11) is 0. The molecule has 4 nitrogen and oxygen atoms in total. The van der Waals surface area contributed by atoms with Crippen LogP contribution in [-0.2, 0) is 9.59 Å². The average Bonchev–Trinajstić information content (AvgIpc) is 3.08. The van der Waals surface area contributed by atoms with E-state index in [2.05, 4.69) is 0 Å². The number of anilines is 1. The molecule has 3 rings (SSSR count). The zero-order valence-electron chi connectivity index (χ0n) is 11.8. The van der Waals surface area contributed by atoms with Gasteiger partial charge in [-0.25, -0.2) is 0 Å². The van der Waals surface area contributed by atoms with Crippen molar-refractivity contribution in [1.29, 1.82) is 0 Å². The van der Waals surface area contributed by atoms with E-state index in [4.69, 9.17) is 0 Å². The smallest absolute Gasteiger partial charge is 0.228 e. The molecule has 0 bridgehead atoms. The van der Waals surface area contributed by atoms with E-state index in [1.165, 1.54) is 5.56 Å². The second-order valence-electron chi connectivity index (χ2n) is 5.77. The van der Waals surface area contributed by atoms with E-state index >= 15 is 0 Å². The number of rotatable bonds is 2. The number of nitrogens with zero attached hydrogens (tertiary/aromatic N) is 2. The fraction of sp³-hybridized carbons (Fsp3) is 0.500. The Labute approximate surface area is 119 Å². The van der Waals surface area contributed by atoms with Crippen LogP contribution in [-0.4, -0.2) is 36.3 Å². The standard InChI is InChI=1S/C16H20N2O2/c1-12-4-6-14(7-5-12)18-11-13(10-15(18)19)16(20)17-8-2-3-9-17/h4-7,13H,2-3,8-11H2,1H3/t13-/m0/s1. The van der Waals surface area contributed by atoms with E-state index in [-0.39, 0.29) is 17.7 Å². The minimum Gasteiger partial charge on any atom is -0.342 e. The number of carbonyl (C=O) groups is 2. The van der Waals surface area contributed by atoms with Gasteiger partial charge in [-0.15, -0.1) is 0 Å². The molecule has 0 N–H and O–H groups in total. The molecule has 1 aromatic carbocycles. The van der Waals surface area contributed by atoms with Gasteiger partial charge in [-0.05, 0) is 31.9 Å². The van der Waals surface area contributed by atoms with Gasteiger partial charge in [0, 0.05) is 31.7 Å². The zero-order chi connectivity index (χ0) is 14.1. The van der Waals surface area contributed by atoms with Crippen molar-refractivity contribution in [1.82, 2.24) is 4.90 Å². The number of amides is 2. The minimum atomic E-state index is -0.165. The Hall–Kier alpha value is -1.84. The predicted molar refractivity (Wildman–Crippen MR) is 77.5 cm³/mol. The lowest BCUT2D eigenvalue weighted by Crippen LogP contribution is -2.35. The predicted octanol–water partition coefficient (Wildman–Crippen LogP) is 1.97. The average molecular weight is 272 g/mol. The van der Waals surface area contributed by atoms with Crippen molar-refractivity contribution in [3.8, 4) is 0 Å². The zero-order valence-corrected chi connectivity index (χ0v) is 11.8. The van der Waals surface area contributed by atoms with Crippen LogP contribution in [0.5, 0.6) is 0 Å². The van der Waals surface area contributed by atoms with Gasteiger partial charge < -0.3 is 9.80 Å². The molecule has 1 aromatic rings. The summed E-state index contributed by atoms with van der Waals surface area (Å²) in [6, 6.07) is 7.91. The lowest BCUT2D eigenvalue weighted by atomic mass is 10.1. The highest BCUT2D eigenvalue weighted by atomic mass is 16.2. The molecule has 2 aliphatic heterocycles. The molecule has 4 heteroatoms. The minimum absolute atomic E-state index is 0.0615. The van der Waals surface area contributed by atoms with Crippen molar-refractivity contribution in [2.24, 2.45) is 5.92 Å². The van der Waals surface area contributed by atoms with Crippen molar-refractivity contribution in [3.63, 3.8) is 0 Å². The molecule has 2 saturated heterocycles. The molecule has 0 unspecified atom stereocenters. The van der Waals surface area contributed by atoms with Gasteiger partial charge in [0.25, 0.3) is 0 Å². The molecule has 1 atom stereocenters. The molecule has 20 heavy (non-hydrogen) atoms. The van der Waals surface area contributed by atoms with E-state index in [1.807, 2.05) is 36.1 Å². The topological polar surface area (TPSA) is 40.6 Å². The summed E-state index contributed by atoms with van der Waals surface area (Å²) in [6.45, 7) is 4.26. The number of aryl methyl sites for hydroxylation is 1. The Morgan fingerprint density at radius 3 is 2.45 bits per heavy atom. The summed E-state index contributed by atoms with van der Waals surface area (Å²) in [4.78, 5) is 28.2. The molecular formula is C16H20N2O2. The Morgan fingerprint density at radius 2 is 1.80 bits per heavy atom. The Balaban J connectivity index is 1.71. The lowest BCUT2D eigenvalue weighted by molar-refractivity contribution is -0.134. The molecule has 0 spiro atoms. The third-order valence-electron chi connectivity index (χ3n) is 4.24. The van der Waals surface area contributed by atoms with Crippen LogP contribution in [0.1, 0.15) is 24.8 Å². The first-order chi connectivity index (χ1) is 9.65. The number of hydrogen-bond acceptors (Lipinski definition) is 2. The summed E-state index contributed by atoms with van der Waals surface area (Å²) in [5.74, 6) is 0.0544. The monoisotopic (exact) mass is 272 g/mol. The molecule has 0 saturated carbocycles. The first-order valence-electron chi connectivity index (χ1n) is 7.31. The molecule has 2 heterocycles. The molecule has 0 aliphatic carbocycles. The van der Waals surface area contributed by atoms with Crippen LogP contribution in [0.25, 0.3) is 0 Å². The Morgan fingerprint density at radius 1 is 1.15 bits per heavy atom. The lowest BCUT2D eigenvalue weighted by Gasteiger charge is -2.20. The van der Waals surface area contributed by atoms with Gasteiger partial charge in [-0.2, -0.15) is 0 Å². The highest BCUT2D eigenvalue weighted by molar-refractivity contribution is 6.00. The second kappa shape index (κ2) is 5.27. The first-order valence-corrected chi connectivity index (χ1v) is 7.31. The largest absolute Gasteiger partial charge is 0.342 e. The van der Waals surface area contributed by atoms with Crippen LogP contribution in [0.4, 0.5) is 5.69 Å². The SMILES string of the molecule is Cc1ccc(N2C[C@@H](C(=O)N3CCCC3)CC2=O)cc1. The summed E-state index contributed by atoms with van der Waals surface area (Å²) in [6.07, 6.45) is 2.53. The van der Waals surface area contributed by atoms with Crippen molar-refractivity contribution >= 4 is 17.5 Å². The van der Waals surface area contributed by atoms with Crippen molar-refractivity contribution < 1.29 is 9.59 Å². The maximum absolute atomic E-state index is 12.4. The van der Waals surface area contributed by atoms with Crippen LogP contribution >= 0.6 is 0 Å². The van der Waals surface area contributed by atoms with Crippen LogP contribution in [0, 0.1) is 12.8 Å². The van der Waals surface area contributed by atoms with Crippen molar-refractivity contribution in [2.45, 2.75) is 26.2 Å². The number of benzene rings is 1. The van der Waals surface area contributed by atoms with Crippen LogP contribution in [0.2, 0.25) is 0 Å². The summed E-state index contributed by atoms with van der Waals surface area (Å²) in [5.41, 5.74) is 2.07. The van der Waals surface area contributed by atoms with Gasteiger partial charge in [0.2, 0.25) is 11.8 Å². The summed E-state index contributed by atoms with van der Waals surface area (Å²) >= 11 is 0. The van der Waals surface area contributed by atoms with E-state index in [1.54, 1.807) is 4.90 Å². The Bertz CT molecular complexity index is 518. The maximum Gasteiger partial charge on any atom is 0.228 e. The summed E-state index contributed by atoms with van der Waals surface area (Å²) in [5, 5.41) is 0. The number of carbonyl (C=O) groups excluding carboxylic acids is 2.